The van der Waals surface area contributed by atoms with Crippen molar-refractivity contribution in [2.24, 2.45) is 62.0 Å². The second kappa shape index (κ2) is 40.7. The van der Waals surface area contributed by atoms with Crippen LogP contribution in [-0.2, 0) is 64.0 Å². The number of nitrogens with two attached hydrogens (primary N) is 7. The smallest absolute Gasteiger partial charge is 0.326 e. The molecule has 11 amide bonds. The van der Waals surface area contributed by atoms with Gasteiger partial charge in [0.1, 0.15) is 60.1 Å². The number of aromatic hydroxyl groups is 1. The van der Waals surface area contributed by atoms with Crippen molar-refractivity contribution in [2.75, 3.05) is 39.3 Å². The van der Waals surface area contributed by atoms with E-state index in [1.165, 1.54) is 31.2 Å². The fourth-order valence-electron chi connectivity index (χ4n) is 9.47. The number of primary amides is 1. The Hall–Kier alpha value is -8.96. The summed E-state index contributed by atoms with van der Waals surface area (Å²) in [5.74, 6) is -13.4. The molecule has 1 aliphatic heterocycles. The van der Waals surface area contributed by atoms with E-state index >= 15 is 0 Å². The van der Waals surface area contributed by atoms with Crippen LogP contribution in [-0.4, -0.2) is 214 Å². The number of aliphatic hydroxyl groups excluding tert-OH is 2. The SMILES string of the molecule is CC[C@H](C)[C@H](NC(=O)[C@@H](NC(=O)[C@@H](NC(=O)CNC(=O)[C@@H](N)CCCCN)C(C)C)[C@@H](C)O)C(=O)N1CCC[C@H]1C(=O)N[C@@H](CO)C(=O)N[C@@H](CCC(N)=O)C(=O)N[C@@H](CCCN=C(N)N)C(=O)N[C@@H](CCCN=C(N)N)C(=O)N[C@@H](Cc1ccc(O)cc1)C(=O)O. The molecule has 2 rings (SSSR count). The zero-order valence-corrected chi connectivity index (χ0v) is 52.8. The minimum absolute atomic E-state index is 0.0217. The number of carbonyl (C=O) groups is 12. The van der Waals surface area contributed by atoms with Crippen molar-refractivity contribution in [1.82, 2.24) is 52.8 Å². The van der Waals surface area contributed by atoms with Gasteiger partial charge in [-0.05, 0) is 101 Å². The van der Waals surface area contributed by atoms with Crippen LogP contribution < -0.4 is 88.0 Å². The van der Waals surface area contributed by atoms with Gasteiger partial charge < -0.3 is 113 Å². The van der Waals surface area contributed by atoms with Gasteiger partial charge in [0.25, 0.3) is 0 Å². The molecule has 516 valence electrons. The van der Waals surface area contributed by atoms with Gasteiger partial charge in [0.15, 0.2) is 11.9 Å². The first kappa shape index (κ1) is 79.1. The topological polar surface area (TPSA) is 604 Å². The molecule has 0 unspecified atom stereocenters. The lowest BCUT2D eigenvalue weighted by Gasteiger charge is -2.33. The second-order valence-corrected chi connectivity index (χ2v) is 22.8. The van der Waals surface area contributed by atoms with Crippen LogP contribution >= 0.6 is 0 Å². The molecule has 1 fully saturated rings. The van der Waals surface area contributed by atoms with Crippen LogP contribution in [0.15, 0.2) is 34.3 Å². The van der Waals surface area contributed by atoms with Gasteiger partial charge in [-0.25, -0.2) is 4.79 Å². The van der Waals surface area contributed by atoms with Gasteiger partial charge in [-0.2, -0.15) is 0 Å². The fraction of sp³-hybridized carbons (Fsp3) is 0.649. The molecule has 1 heterocycles. The number of unbranched alkanes of at least 4 members (excludes halogenated alkanes) is 1. The van der Waals surface area contributed by atoms with Crippen LogP contribution in [0.4, 0.5) is 0 Å². The number of benzene rings is 1. The van der Waals surface area contributed by atoms with Crippen molar-refractivity contribution >= 4 is 82.9 Å². The Labute approximate surface area is 533 Å². The summed E-state index contributed by atoms with van der Waals surface area (Å²) in [6, 6.07) is -9.08. The third-order valence-electron chi connectivity index (χ3n) is 14.9. The number of aliphatic imine (C=N–C) groups is 2. The van der Waals surface area contributed by atoms with Gasteiger partial charge in [-0.1, -0.05) is 52.7 Å². The number of carboxylic acid groups (broad SMARTS) is 1. The Morgan fingerprint density at radius 3 is 1.61 bits per heavy atom. The highest BCUT2D eigenvalue weighted by molar-refractivity contribution is 5.99. The first-order chi connectivity index (χ1) is 43.3. The quantitative estimate of drug-likeness (QED) is 0.0164. The molecule has 0 bridgehead atoms. The Balaban J connectivity index is 2.37. The van der Waals surface area contributed by atoms with Crippen LogP contribution in [0.5, 0.6) is 5.75 Å². The molecular formula is C57H97N19O16. The number of amides is 11. The highest BCUT2D eigenvalue weighted by atomic mass is 16.4. The van der Waals surface area contributed by atoms with E-state index in [1.807, 2.05) is 0 Å². The lowest BCUT2D eigenvalue weighted by Crippen LogP contribution is -2.63. The van der Waals surface area contributed by atoms with E-state index in [2.05, 4.69) is 57.8 Å². The lowest BCUT2D eigenvalue weighted by atomic mass is 9.96. The summed E-state index contributed by atoms with van der Waals surface area (Å²) in [4.78, 5) is 171. The monoisotopic (exact) mass is 1300 g/mol. The Morgan fingerprint density at radius 2 is 1.13 bits per heavy atom. The standard InChI is InChI=1S/C57H97N19O16/c1-6-30(4)44(74-53(89)45(31(5)78)75-52(88)43(29(2)3)73-42(81)27-67-46(82)34(59)12-7-8-22-58)54(90)76-25-11-15-40(76)51(87)72-39(28-77)50(86)70-37(20-21-41(60)80)49(85)69-35(13-9-23-65-56(61)62)47(83)68-36(14-10-24-66-57(63)64)48(84)71-38(55(91)92)26-32-16-18-33(79)19-17-32/h16-19,29-31,34-40,43-45,77-79H,6-15,20-28,58-59H2,1-5H3,(H2,60,80)(H,67,82)(H,68,83)(H,69,85)(H,70,86)(H,71,84)(H,72,87)(H,73,81)(H,74,89)(H,75,88)(H,91,92)(H4,61,62,65)(H4,63,64,66)/t30-,31+,34-,35-,36-,37-,38-,39-,40-,43-,44-,45-/m0/s1. The van der Waals surface area contributed by atoms with Crippen molar-refractivity contribution in [3.63, 3.8) is 0 Å². The van der Waals surface area contributed by atoms with Crippen molar-refractivity contribution in [3.05, 3.63) is 29.8 Å². The van der Waals surface area contributed by atoms with Gasteiger partial charge in [0.2, 0.25) is 65.0 Å². The molecule has 1 aliphatic rings. The first-order valence-electron chi connectivity index (χ1n) is 30.5. The van der Waals surface area contributed by atoms with E-state index in [4.69, 9.17) is 40.1 Å². The minimum atomic E-state index is -1.82. The van der Waals surface area contributed by atoms with Crippen molar-refractivity contribution in [1.29, 1.82) is 0 Å². The molecule has 0 aliphatic carbocycles. The predicted molar refractivity (Wildman–Crippen MR) is 335 cm³/mol. The maximum absolute atomic E-state index is 14.5. The van der Waals surface area contributed by atoms with Crippen LogP contribution in [0.25, 0.3) is 0 Å². The number of aliphatic carboxylic acids is 1. The maximum Gasteiger partial charge on any atom is 0.326 e. The van der Waals surface area contributed by atoms with Gasteiger partial charge in [-0.3, -0.25) is 62.7 Å². The number of nitrogens with one attached hydrogen (secondary N) is 9. The van der Waals surface area contributed by atoms with Crippen molar-refractivity contribution < 1.29 is 78.0 Å². The molecule has 92 heavy (non-hydrogen) atoms. The van der Waals surface area contributed by atoms with E-state index in [0.717, 1.165) is 4.90 Å². The molecular weight excluding hydrogens is 1210 g/mol. The van der Waals surface area contributed by atoms with Crippen LogP contribution in [0, 0.1) is 11.8 Å². The zero-order chi connectivity index (χ0) is 69.4. The first-order valence-corrected chi connectivity index (χ1v) is 30.5. The minimum Gasteiger partial charge on any atom is -0.508 e. The number of aliphatic hydroxyl groups is 2. The summed E-state index contributed by atoms with van der Waals surface area (Å²) < 4.78 is 0. The van der Waals surface area contributed by atoms with Gasteiger partial charge in [-0.15, -0.1) is 0 Å². The number of rotatable bonds is 42. The maximum atomic E-state index is 14.5. The summed E-state index contributed by atoms with van der Waals surface area (Å²) >= 11 is 0. The van der Waals surface area contributed by atoms with Crippen molar-refractivity contribution in [2.45, 2.75) is 185 Å². The number of phenols is 1. The highest BCUT2D eigenvalue weighted by Gasteiger charge is 2.42. The molecule has 12 atom stereocenters. The summed E-state index contributed by atoms with van der Waals surface area (Å²) in [5, 5.41) is 63.3. The third-order valence-corrected chi connectivity index (χ3v) is 14.9. The molecule has 0 radical (unpaired) electrons. The molecule has 1 saturated heterocycles. The van der Waals surface area contributed by atoms with Crippen LogP contribution in [0.1, 0.15) is 117 Å². The van der Waals surface area contributed by atoms with Crippen LogP contribution in [0.2, 0.25) is 0 Å². The number of phenolic OH excluding ortho intramolecular Hbond substituents is 1. The van der Waals surface area contributed by atoms with E-state index < -0.39 is 175 Å². The van der Waals surface area contributed by atoms with Gasteiger partial charge in [0, 0.05) is 32.5 Å². The van der Waals surface area contributed by atoms with Crippen molar-refractivity contribution in [3.8, 4) is 5.75 Å². The Kier molecular flexibility index (Phi) is 35.0. The second-order valence-electron chi connectivity index (χ2n) is 22.8. The van der Waals surface area contributed by atoms with E-state index in [9.17, 15) is 78.0 Å². The number of hydrogen-bond acceptors (Lipinski definition) is 19. The summed E-state index contributed by atoms with van der Waals surface area (Å²) in [6.07, 6.45) is -0.952. The normalized spacial score (nSPS) is 16.3. The molecule has 0 saturated carbocycles. The van der Waals surface area contributed by atoms with Gasteiger partial charge >= 0.3 is 5.97 Å². The fourth-order valence-corrected chi connectivity index (χ4v) is 9.47. The summed E-state index contributed by atoms with van der Waals surface area (Å²) in [7, 11) is 0. The number of likely N-dealkylation sites (tertiary alicyclic amines) is 1. The van der Waals surface area contributed by atoms with E-state index in [1.54, 1.807) is 27.7 Å². The summed E-state index contributed by atoms with van der Waals surface area (Å²) in [6.45, 7) is 6.48. The zero-order valence-electron chi connectivity index (χ0n) is 52.8. The third kappa shape index (κ3) is 28.1. The number of carboxylic acids is 1. The highest BCUT2D eigenvalue weighted by Crippen LogP contribution is 2.22. The summed E-state index contributed by atoms with van der Waals surface area (Å²) in [5.41, 5.74) is 39.2. The number of hydrogen-bond donors (Lipinski definition) is 20. The number of carbonyl (C=O) groups excluding carboxylic acids is 11. The number of nitrogens with zero attached hydrogens (tertiary/aromatic N) is 3. The average Bonchev–Trinajstić information content (AvgIpc) is 1.57. The molecule has 0 aromatic heterocycles. The molecule has 35 heteroatoms. The average molecular weight is 1300 g/mol. The van der Waals surface area contributed by atoms with Crippen LogP contribution in [0.3, 0.4) is 0 Å². The molecule has 27 N–H and O–H groups in total. The largest absolute Gasteiger partial charge is 0.508 e. The molecule has 35 nitrogen and oxygen atoms in total. The lowest BCUT2D eigenvalue weighted by molar-refractivity contribution is -0.144. The Bertz CT molecular complexity index is 2710. The molecule has 1 aromatic rings. The molecule has 0 spiro atoms. The van der Waals surface area contributed by atoms with E-state index in [0.29, 0.717) is 37.8 Å². The number of guanidine groups is 2. The molecule has 1 aromatic carbocycles. The Morgan fingerprint density at radius 1 is 0.620 bits per heavy atom. The predicted octanol–water partition coefficient (Wildman–Crippen LogP) is -7.09. The van der Waals surface area contributed by atoms with E-state index in [-0.39, 0.29) is 82.2 Å². The van der Waals surface area contributed by atoms with Gasteiger partial charge in [0.05, 0.1) is 25.3 Å².